The normalized spacial score (nSPS) is 14.9. The summed E-state index contributed by atoms with van der Waals surface area (Å²) >= 11 is 12.7. The van der Waals surface area contributed by atoms with Crippen LogP contribution in [0.2, 0.25) is 10.0 Å². The van der Waals surface area contributed by atoms with Crippen LogP contribution >= 0.6 is 23.2 Å². The van der Waals surface area contributed by atoms with E-state index < -0.39 is 0 Å². The van der Waals surface area contributed by atoms with Crippen molar-refractivity contribution >= 4 is 34.9 Å². The van der Waals surface area contributed by atoms with Gasteiger partial charge in [-0.05, 0) is 44.4 Å². The Morgan fingerprint density at radius 1 is 1.25 bits per heavy atom. The molecule has 1 aromatic carbocycles. The highest BCUT2D eigenvalue weighted by molar-refractivity contribution is 6.37. The average molecular weight is 484 g/mol. The van der Waals surface area contributed by atoms with Crippen molar-refractivity contribution in [3.05, 3.63) is 33.4 Å². The van der Waals surface area contributed by atoms with Crippen LogP contribution < -0.4 is 25.8 Å². The van der Waals surface area contributed by atoms with Crippen molar-refractivity contribution in [1.82, 2.24) is 14.9 Å². The Balaban J connectivity index is 2.00. The van der Waals surface area contributed by atoms with E-state index in [2.05, 4.69) is 15.6 Å². The third-order valence-electron chi connectivity index (χ3n) is 5.57. The Hall–Kier alpha value is -2.16. The monoisotopic (exact) mass is 483 g/mol. The first-order valence-corrected chi connectivity index (χ1v) is 11.6. The molecule has 3 rings (SSSR count). The quantitative estimate of drug-likeness (QED) is 0.470. The summed E-state index contributed by atoms with van der Waals surface area (Å²) < 4.78 is 12.7. The third kappa shape index (κ3) is 5.42. The number of imidazole rings is 1. The number of carbonyl (C=O) groups is 1. The topological polar surface area (TPSA) is 103 Å². The minimum absolute atomic E-state index is 0.253. The van der Waals surface area contributed by atoms with E-state index in [-0.39, 0.29) is 18.0 Å². The summed E-state index contributed by atoms with van der Waals surface area (Å²) in [6.45, 7) is 5.43. The summed E-state index contributed by atoms with van der Waals surface area (Å²) in [4.78, 5) is 17.6. The fourth-order valence-electron chi connectivity index (χ4n) is 4.01. The first-order valence-electron chi connectivity index (χ1n) is 10.9. The summed E-state index contributed by atoms with van der Waals surface area (Å²) in [5, 5.41) is 6.95. The molecule has 0 radical (unpaired) electrons. The molecular weight excluding hydrogens is 453 g/mol. The van der Waals surface area contributed by atoms with Gasteiger partial charge in [-0.25, -0.2) is 0 Å². The first-order chi connectivity index (χ1) is 15.3. The zero-order valence-corrected chi connectivity index (χ0v) is 20.3. The number of hydrogen-bond acceptors (Lipinski definition) is 6. The van der Waals surface area contributed by atoms with Crippen molar-refractivity contribution in [2.45, 2.75) is 51.6 Å². The summed E-state index contributed by atoms with van der Waals surface area (Å²) in [5.41, 5.74) is 7.36. The number of carbonyl (C=O) groups excluding carboxylic acids is 1. The lowest BCUT2D eigenvalue weighted by atomic mass is 9.99. The van der Waals surface area contributed by atoms with Crippen LogP contribution in [0.5, 0.6) is 11.8 Å². The fraction of sp³-hybridized carbons (Fsp3) is 0.545. The minimum Gasteiger partial charge on any atom is -0.494 e. The van der Waals surface area contributed by atoms with Crippen LogP contribution in [0.1, 0.15) is 55.6 Å². The number of anilines is 1. The van der Waals surface area contributed by atoms with Crippen LogP contribution in [0.15, 0.2) is 12.1 Å². The fourth-order valence-corrected chi connectivity index (χ4v) is 4.70. The maximum Gasteiger partial charge on any atom is 0.299 e. The smallest absolute Gasteiger partial charge is 0.299 e. The number of ether oxygens (including phenoxy) is 2. The van der Waals surface area contributed by atoms with Gasteiger partial charge < -0.3 is 25.8 Å². The molecule has 0 aliphatic heterocycles. The van der Waals surface area contributed by atoms with Crippen LogP contribution in [0.3, 0.4) is 0 Å². The predicted octanol–water partition coefficient (Wildman–Crippen LogP) is 4.08. The van der Waals surface area contributed by atoms with Crippen LogP contribution in [-0.4, -0.2) is 47.8 Å². The molecule has 1 aliphatic rings. The van der Waals surface area contributed by atoms with E-state index in [9.17, 15) is 4.79 Å². The van der Waals surface area contributed by atoms with E-state index >= 15 is 0 Å². The van der Waals surface area contributed by atoms with E-state index in [1.807, 2.05) is 13.8 Å². The number of nitrogens with zero attached hydrogens (tertiary/aromatic N) is 2. The highest BCUT2D eigenvalue weighted by atomic mass is 35.5. The molecule has 1 heterocycles. The Kier molecular flexibility index (Phi) is 8.14. The minimum atomic E-state index is -0.301. The number of nitrogens with two attached hydrogens (primary N) is 1. The van der Waals surface area contributed by atoms with Gasteiger partial charge >= 0.3 is 0 Å². The largest absolute Gasteiger partial charge is 0.494 e. The molecule has 1 fully saturated rings. The maximum atomic E-state index is 13.0. The van der Waals surface area contributed by atoms with Gasteiger partial charge in [0.2, 0.25) is 0 Å². The molecule has 176 valence electrons. The Morgan fingerprint density at radius 3 is 2.47 bits per heavy atom. The molecular formula is C22H31Cl2N5O3. The molecule has 8 nitrogen and oxygen atoms in total. The van der Waals surface area contributed by atoms with Crippen LogP contribution in [-0.2, 0) is 6.54 Å². The van der Waals surface area contributed by atoms with Crippen molar-refractivity contribution in [2.75, 3.05) is 32.1 Å². The molecule has 0 unspecified atom stereocenters. The zero-order valence-electron chi connectivity index (χ0n) is 18.8. The van der Waals surface area contributed by atoms with Crippen molar-refractivity contribution in [2.24, 2.45) is 5.73 Å². The van der Waals surface area contributed by atoms with Gasteiger partial charge in [-0.3, -0.25) is 9.36 Å². The lowest BCUT2D eigenvalue weighted by molar-refractivity contribution is 0.0946. The molecule has 10 heteroatoms. The molecule has 0 saturated heterocycles. The Bertz CT molecular complexity index is 934. The average Bonchev–Trinajstić information content (AvgIpc) is 3.31. The van der Waals surface area contributed by atoms with E-state index in [0.717, 1.165) is 31.2 Å². The van der Waals surface area contributed by atoms with Crippen molar-refractivity contribution in [1.29, 1.82) is 0 Å². The van der Waals surface area contributed by atoms with Gasteiger partial charge in [0.1, 0.15) is 0 Å². The number of halogens is 2. The van der Waals surface area contributed by atoms with Gasteiger partial charge in [-0.15, -0.1) is 0 Å². The number of hydrogen-bond donors (Lipinski definition) is 3. The van der Waals surface area contributed by atoms with Gasteiger partial charge in [-0.1, -0.05) is 36.0 Å². The van der Waals surface area contributed by atoms with E-state index in [0.29, 0.717) is 53.0 Å². The molecule has 1 amide bonds. The number of amides is 1. The molecule has 32 heavy (non-hydrogen) atoms. The second kappa shape index (κ2) is 10.6. The van der Waals surface area contributed by atoms with Gasteiger partial charge in [0.25, 0.3) is 11.9 Å². The highest BCUT2D eigenvalue weighted by Gasteiger charge is 2.31. The van der Waals surface area contributed by atoms with Gasteiger partial charge in [0.15, 0.2) is 17.3 Å². The summed E-state index contributed by atoms with van der Waals surface area (Å²) in [7, 11) is 1.51. The predicted molar refractivity (Wildman–Crippen MR) is 127 cm³/mol. The standard InChI is InChI=1S/C22H31Cl2N5O3/c1-4-26-20(30)17-19(27-13-22(25)8-6-7-9-22)28-21(32-5-2)29(17)12-14-10-15(23)18(31-3)16(24)11-14/h10-11,27H,4-9,12-13,25H2,1-3H3,(H,26,30). The number of aromatic nitrogens is 2. The number of methoxy groups -OCH3 is 1. The number of nitrogens with one attached hydrogen (secondary N) is 2. The van der Waals surface area contributed by atoms with E-state index in [4.69, 9.17) is 38.4 Å². The number of benzene rings is 1. The molecule has 2 aromatic rings. The molecule has 0 atom stereocenters. The third-order valence-corrected chi connectivity index (χ3v) is 6.13. The first kappa shape index (κ1) is 24.5. The molecule has 1 aromatic heterocycles. The van der Waals surface area contributed by atoms with Crippen LogP contribution in [0.25, 0.3) is 0 Å². The number of rotatable bonds is 10. The summed E-state index contributed by atoms with van der Waals surface area (Å²) in [6.07, 6.45) is 4.11. The Morgan fingerprint density at radius 2 is 1.91 bits per heavy atom. The zero-order chi connectivity index (χ0) is 23.3. The van der Waals surface area contributed by atoms with Crippen LogP contribution in [0.4, 0.5) is 5.82 Å². The second-order valence-electron chi connectivity index (χ2n) is 7.99. The molecule has 0 bridgehead atoms. The lowest BCUT2D eigenvalue weighted by Crippen LogP contribution is -2.43. The summed E-state index contributed by atoms with van der Waals surface area (Å²) in [6, 6.07) is 3.84. The van der Waals surface area contributed by atoms with Crippen molar-refractivity contribution < 1.29 is 14.3 Å². The van der Waals surface area contributed by atoms with Gasteiger partial charge in [-0.2, -0.15) is 4.98 Å². The molecule has 0 spiro atoms. The lowest BCUT2D eigenvalue weighted by Gasteiger charge is -2.24. The van der Waals surface area contributed by atoms with E-state index in [1.165, 1.54) is 7.11 Å². The SMILES string of the molecule is CCNC(=O)c1c(NCC2(N)CCCC2)nc(OCC)n1Cc1cc(Cl)c(OC)c(Cl)c1. The van der Waals surface area contributed by atoms with Crippen LogP contribution in [0, 0.1) is 0 Å². The molecule has 4 N–H and O–H groups in total. The van der Waals surface area contributed by atoms with Crippen molar-refractivity contribution in [3.8, 4) is 11.8 Å². The molecule has 1 aliphatic carbocycles. The van der Waals surface area contributed by atoms with Gasteiger partial charge in [0.05, 0.1) is 30.3 Å². The maximum absolute atomic E-state index is 13.0. The Labute approximate surface area is 198 Å². The second-order valence-corrected chi connectivity index (χ2v) is 8.80. The highest BCUT2D eigenvalue weighted by Crippen LogP contribution is 2.35. The van der Waals surface area contributed by atoms with Crippen molar-refractivity contribution in [3.63, 3.8) is 0 Å². The van der Waals surface area contributed by atoms with Gasteiger partial charge in [0, 0.05) is 18.6 Å². The molecule has 1 saturated carbocycles. The van der Waals surface area contributed by atoms with E-state index in [1.54, 1.807) is 16.7 Å². The summed E-state index contributed by atoms with van der Waals surface area (Å²) in [5.74, 6) is 0.599.